The van der Waals surface area contributed by atoms with Gasteiger partial charge in [0.25, 0.3) is 0 Å². The second kappa shape index (κ2) is 6.24. The van der Waals surface area contributed by atoms with Crippen LogP contribution in [0.15, 0.2) is 18.2 Å². The second-order valence-corrected chi connectivity index (χ2v) is 4.33. The van der Waals surface area contributed by atoms with Gasteiger partial charge in [0, 0.05) is 13.1 Å². The SMILES string of the molecule is CCC(C)CN(CC)c1ccc(F)cc1C#N. The zero-order valence-electron chi connectivity index (χ0n) is 10.7. The molecule has 0 amide bonds. The normalized spacial score (nSPS) is 11.9. The Balaban J connectivity index is 3.00. The molecule has 0 radical (unpaired) electrons. The lowest BCUT2D eigenvalue weighted by Crippen LogP contribution is -2.28. The number of anilines is 1. The Bertz CT molecular complexity index is 409. The molecule has 0 saturated heterocycles. The summed E-state index contributed by atoms with van der Waals surface area (Å²) in [7, 11) is 0. The van der Waals surface area contributed by atoms with Crippen LogP contribution < -0.4 is 4.90 Å². The molecule has 0 aromatic heterocycles. The van der Waals surface area contributed by atoms with E-state index in [0.29, 0.717) is 11.5 Å². The summed E-state index contributed by atoms with van der Waals surface area (Å²) in [6.07, 6.45) is 1.10. The van der Waals surface area contributed by atoms with Gasteiger partial charge in [-0.3, -0.25) is 0 Å². The van der Waals surface area contributed by atoms with Gasteiger partial charge < -0.3 is 4.90 Å². The smallest absolute Gasteiger partial charge is 0.124 e. The van der Waals surface area contributed by atoms with E-state index in [0.717, 1.165) is 25.2 Å². The molecule has 92 valence electrons. The molecule has 0 aliphatic rings. The zero-order chi connectivity index (χ0) is 12.8. The lowest BCUT2D eigenvalue weighted by Gasteiger charge is -2.27. The van der Waals surface area contributed by atoms with Crippen LogP contribution in [-0.2, 0) is 0 Å². The topological polar surface area (TPSA) is 27.0 Å². The standard InChI is InChI=1S/C14H19FN2/c1-4-11(3)10-17(5-2)14-7-6-13(15)8-12(14)9-16/h6-8,11H,4-5,10H2,1-3H3. The molecule has 0 saturated carbocycles. The van der Waals surface area contributed by atoms with Gasteiger partial charge in [0.1, 0.15) is 11.9 Å². The Kier molecular flexibility index (Phi) is 4.96. The lowest BCUT2D eigenvalue weighted by molar-refractivity contribution is 0.547. The van der Waals surface area contributed by atoms with Gasteiger partial charge in [-0.2, -0.15) is 5.26 Å². The zero-order valence-corrected chi connectivity index (χ0v) is 10.7. The number of hydrogen-bond donors (Lipinski definition) is 0. The van der Waals surface area contributed by atoms with Crippen LogP contribution in [0.5, 0.6) is 0 Å². The van der Waals surface area contributed by atoms with E-state index in [2.05, 4.69) is 24.8 Å². The summed E-state index contributed by atoms with van der Waals surface area (Å²) in [5, 5.41) is 9.04. The van der Waals surface area contributed by atoms with Gasteiger partial charge in [-0.05, 0) is 31.0 Å². The third-order valence-electron chi connectivity index (χ3n) is 3.03. The summed E-state index contributed by atoms with van der Waals surface area (Å²) in [6.45, 7) is 8.09. The molecule has 0 N–H and O–H groups in total. The van der Waals surface area contributed by atoms with E-state index in [1.54, 1.807) is 6.07 Å². The first-order valence-electron chi connectivity index (χ1n) is 6.06. The minimum Gasteiger partial charge on any atom is -0.370 e. The molecule has 1 unspecified atom stereocenters. The van der Waals surface area contributed by atoms with E-state index in [1.165, 1.54) is 12.1 Å². The number of nitriles is 1. The Labute approximate surface area is 103 Å². The van der Waals surface area contributed by atoms with Gasteiger partial charge in [-0.1, -0.05) is 20.3 Å². The van der Waals surface area contributed by atoms with Gasteiger partial charge in [0.15, 0.2) is 0 Å². The third-order valence-corrected chi connectivity index (χ3v) is 3.03. The van der Waals surface area contributed by atoms with Crippen molar-refractivity contribution in [3.05, 3.63) is 29.6 Å². The Morgan fingerprint density at radius 3 is 2.65 bits per heavy atom. The molecule has 0 aliphatic carbocycles. The maximum absolute atomic E-state index is 13.1. The van der Waals surface area contributed by atoms with Gasteiger partial charge in [-0.25, -0.2) is 4.39 Å². The summed E-state index contributed by atoms with van der Waals surface area (Å²) < 4.78 is 13.1. The van der Waals surface area contributed by atoms with Crippen LogP contribution >= 0.6 is 0 Å². The largest absolute Gasteiger partial charge is 0.370 e. The number of hydrogen-bond acceptors (Lipinski definition) is 2. The van der Waals surface area contributed by atoms with Gasteiger partial charge in [0.05, 0.1) is 11.3 Å². The van der Waals surface area contributed by atoms with Gasteiger partial charge >= 0.3 is 0 Å². The van der Waals surface area contributed by atoms with Gasteiger partial charge in [-0.15, -0.1) is 0 Å². The van der Waals surface area contributed by atoms with Crippen molar-refractivity contribution in [2.24, 2.45) is 5.92 Å². The highest BCUT2D eigenvalue weighted by molar-refractivity contribution is 5.59. The molecule has 1 aromatic carbocycles. The van der Waals surface area contributed by atoms with E-state index in [9.17, 15) is 4.39 Å². The third kappa shape index (κ3) is 3.45. The van der Waals surface area contributed by atoms with Crippen molar-refractivity contribution in [3.8, 4) is 6.07 Å². The number of rotatable bonds is 5. The van der Waals surface area contributed by atoms with Crippen molar-refractivity contribution in [1.29, 1.82) is 5.26 Å². The first-order valence-corrected chi connectivity index (χ1v) is 6.06. The van der Waals surface area contributed by atoms with Crippen LogP contribution in [0.25, 0.3) is 0 Å². The van der Waals surface area contributed by atoms with Crippen molar-refractivity contribution >= 4 is 5.69 Å². The summed E-state index contributed by atoms with van der Waals surface area (Å²) in [6, 6.07) is 6.47. The highest BCUT2D eigenvalue weighted by atomic mass is 19.1. The van der Waals surface area contributed by atoms with E-state index in [-0.39, 0.29) is 5.82 Å². The van der Waals surface area contributed by atoms with Crippen LogP contribution in [0.1, 0.15) is 32.8 Å². The van der Waals surface area contributed by atoms with Crippen molar-refractivity contribution in [3.63, 3.8) is 0 Å². The predicted molar refractivity (Wildman–Crippen MR) is 68.5 cm³/mol. The fourth-order valence-corrected chi connectivity index (χ4v) is 1.78. The lowest BCUT2D eigenvalue weighted by atomic mass is 10.1. The van der Waals surface area contributed by atoms with Crippen LogP contribution in [0, 0.1) is 23.1 Å². The average molecular weight is 234 g/mol. The molecule has 0 bridgehead atoms. The minimum absolute atomic E-state index is 0.357. The van der Waals surface area contributed by atoms with Gasteiger partial charge in [0.2, 0.25) is 0 Å². The first-order chi connectivity index (χ1) is 8.12. The molecule has 1 rings (SSSR count). The van der Waals surface area contributed by atoms with Crippen LogP contribution in [0.2, 0.25) is 0 Å². The summed E-state index contributed by atoms with van der Waals surface area (Å²) >= 11 is 0. The molecular formula is C14H19FN2. The van der Waals surface area contributed by atoms with Crippen molar-refractivity contribution < 1.29 is 4.39 Å². The monoisotopic (exact) mass is 234 g/mol. The molecule has 0 heterocycles. The minimum atomic E-state index is -0.357. The molecular weight excluding hydrogens is 215 g/mol. The molecule has 2 nitrogen and oxygen atoms in total. The average Bonchev–Trinajstić information content (AvgIpc) is 2.35. The summed E-state index contributed by atoms with van der Waals surface area (Å²) in [5.74, 6) is 0.205. The second-order valence-electron chi connectivity index (χ2n) is 4.33. The highest BCUT2D eigenvalue weighted by Gasteiger charge is 2.12. The molecule has 0 fully saturated rings. The fourth-order valence-electron chi connectivity index (χ4n) is 1.78. The van der Waals surface area contributed by atoms with Crippen molar-refractivity contribution in [2.75, 3.05) is 18.0 Å². The van der Waals surface area contributed by atoms with E-state index in [1.807, 2.05) is 6.92 Å². The number of halogens is 1. The molecule has 0 aliphatic heterocycles. The molecule has 3 heteroatoms. The molecule has 17 heavy (non-hydrogen) atoms. The first kappa shape index (κ1) is 13.5. The van der Waals surface area contributed by atoms with Crippen LogP contribution in [-0.4, -0.2) is 13.1 Å². The quantitative estimate of drug-likeness (QED) is 0.778. The Morgan fingerprint density at radius 2 is 2.12 bits per heavy atom. The summed E-state index contributed by atoms with van der Waals surface area (Å²) in [4.78, 5) is 2.13. The van der Waals surface area contributed by atoms with Crippen molar-refractivity contribution in [1.82, 2.24) is 0 Å². The maximum Gasteiger partial charge on any atom is 0.124 e. The molecule has 1 aromatic rings. The molecule has 1 atom stereocenters. The van der Waals surface area contributed by atoms with E-state index in [4.69, 9.17) is 5.26 Å². The Morgan fingerprint density at radius 1 is 1.41 bits per heavy atom. The van der Waals surface area contributed by atoms with E-state index >= 15 is 0 Å². The number of nitrogens with zero attached hydrogens (tertiary/aromatic N) is 2. The van der Waals surface area contributed by atoms with Crippen LogP contribution in [0.4, 0.5) is 10.1 Å². The fraction of sp³-hybridized carbons (Fsp3) is 0.500. The van der Waals surface area contributed by atoms with Crippen molar-refractivity contribution in [2.45, 2.75) is 27.2 Å². The number of benzene rings is 1. The predicted octanol–water partition coefficient (Wildman–Crippen LogP) is 3.57. The molecule has 0 spiro atoms. The van der Waals surface area contributed by atoms with E-state index < -0.39 is 0 Å². The van der Waals surface area contributed by atoms with Crippen LogP contribution in [0.3, 0.4) is 0 Å². The Hall–Kier alpha value is -1.56. The maximum atomic E-state index is 13.1. The highest BCUT2D eigenvalue weighted by Crippen LogP contribution is 2.22. The summed E-state index contributed by atoms with van der Waals surface area (Å²) in [5.41, 5.74) is 1.24.